The van der Waals surface area contributed by atoms with Gasteiger partial charge >= 0.3 is 0 Å². The van der Waals surface area contributed by atoms with Gasteiger partial charge in [0.25, 0.3) is 0 Å². The van der Waals surface area contributed by atoms with E-state index >= 15 is 0 Å². The molecule has 0 radical (unpaired) electrons. The van der Waals surface area contributed by atoms with Crippen LogP contribution < -0.4 is 0 Å². The van der Waals surface area contributed by atoms with Crippen LogP contribution >= 0.6 is 0 Å². The summed E-state index contributed by atoms with van der Waals surface area (Å²) < 4.78 is 0. The van der Waals surface area contributed by atoms with Crippen LogP contribution in [0, 0.1) is 11.8 Å². The number of carbonyl (C=O) groups is 4. The van der Waals surface area contributed by atoms with Gasteiger partial charge in [-0.25, -0.2) is 0 Å². The standard InChI is InChI=1S/C22H34O4/c23-19(17-11-7-9-15-21(17)25)13-5-3-1-2-4-6-14-20(24)18-12-8-10-16-22(18)26/h17-18H,1-16H2/t17-,18-/m0/s1. The zero-order chi connectivity index (χ0) is 18.8. The minimum Gasteiger partial charge on any atom is -0.299 e. The summed E-state index contributed by atoms with van der Waals surface area (Å²) in [7, 11) is 0. The van der Waals surface area contributed by atoms with Gasteiger partial charge in [-0.05, 0) is 38.5 Å². The first-order chi connectivity index (χ1) is 12.6. The molecule has 0 bridgehead atoms. The van der Waals surface area contributed by atoms with E-state index in [4.69, 9.17) is 0 Å². The van der Waals surface area contributed by atoms with E-state index in [-0.39, 0.29) is 35.0 Å². The van der Waals surface area contributed by atoms with Crippen molar-refractivity contribution in [1.82, 2.24) is 0 Å². The summed E-state index contributed by atoms with van der Waals surface area (Å²) in [6.07, 6.45) is 13.6. The highest BCUT2D eigenvalue weighted by Gasteiger charge is 2.28. The Kier molecular flexibility index (Phi) is 9.21. The summed E-state index contributed by atoms with van der Waals surface area (Å²) in [5.41, 5.74) is 0. The fourth-order valence-corrected chi connectivity index (χ4v) is 4.30. The van der Waals surface area contributed by atoms with Gasteiger partial charge in [0.1, 0.15) is 23.1 Å². The molecule has 0 aliphatic heterocycles. The maximum Gasteiger partial charge on any atom is 0.143 e. The Morgan fingerprint density at radius 3 is 1.38 bits per heavy atom. The first kappa shape index (κ1) is 21.0. The minimum atomic E-state index is -0.308. The molecule has 0 aromatic heterocycles. The van der Waals surface area contributed by atoms with Gasteiger partial charge in [0.15, 0.2) is 0 Å². The largest absolute Gasteiger partial charge is 0.299 e. The number of unbranched alkanes of at least 4 members (excludes halogenated alkanes) is 5. The van der Waals surface area contributed by atoms with Crippen LogP contribution in [0.15, 0.2) is 0 Å². The maximum absolute atomic E-state index is 12.1. The molecule has 0 aromatic carbocycles. The summed E-state index contributed by atoms with van der Waals surface area (Å²) in [6, 6.07) is 0. The monoisotopic (exact) mass is 362 g/mol. The molecule has 2 rings (SSSR count). The van der Waals surface area contributed by atoms with Crippen molar-refractivity contribution in [3.63, 3.8) is 0 Å². The van der Waals surface area contributed by atoms with Gasteiger partial charge < -0.3 is 0 Å². The molecule has 2 atom stereocenters. The van der Waals surface area contributed by atoms with Crippen molar-refractivity contribution in [3.05, 3.63) is 0 Å². The highest BCUT2D eigenvalue weighted by atomic mass is 16.2. The molecule has 26 heavy (non-hydrogen) atoms. The number of ketones is 4. The van der Waals surface area contributed by atoms with E-state index in [1.165, 1.54) is 0 Å². The summed E-state index contributed by atoms with van der Waals surface area (Å²) in [4.78, 5) is 47.7. The molecule has 0 amide bonds. The lowest BCUT2D eigenvalue weighted by molar-refractivity contribution is -0.136. The molecule has 2 aliphatic rings. The van der Waals surface area contributed by atoms with Crippen LogP contribution in [-0.2, 0) is 19.2 Å². The first-order valence-corrected chi connectivity index (χ1v) is 10.7. The Labute approximate surface area is 157 Å². The minimum absolute atomic E-state index is 0.150. The smallest absolute Gasteiger partial charge is 0.143 e. The maximum atomic E-state index is 12.1. The van der Waals surface area contributed by atoms with Gasteiger partial charge in [-0.15, -0.1) is 0 Å². The first-order valence-electron chi connectivity index (χ1n) is 10.7. The van der Waals surface area contributed by atoms with E-state index in [0.29, 0.717) is 25.7 Å². The summed E-state index contributed by atoms with van der Waals surface area (Å²) in [5.74, 6) is -0.00542. The lowest BCUT2D eigenvalue weighted by atomic mass is 9.83. The molecule has 2 aliphatic carbocycles. The lowest BCUT2D eigenvalue weighted by Gasteiger charge is -2.19. The summed E-state index contributed by atoms with van der Waals surface area (Å²) in [5, 5.41) is 0. The molecule has 0 aromatic rings. The Hall–Kier alpha value is -1.32. The SMILES string of the molecule is O=C(CCCCCCCCC(=O)[C@@H]1CCCCC1=O)[C@@H]1CCCCC1=O. The molecule has 4 heteroatoms. The van der Waals surface area contributed by atoms with E-state index in [1.54, 1.807) is 0 Å². The number of rotatable bonds is 11. The third kappa shape index (κ3) is 6.77. The average molecular weight is 363 g/mol. The average Bonchev–Trinajstić information content (AvgIpc) is 2.64. The predicted molar refractivity (Wildman–Crippen MR) is 101 cm³/mol. The third-order valence-electron chi connectivity index (χ3n) is 5.98. The predicted octanol–water partition coefficient (Wildman–Crippen LogP) is 4.76. The lowest BCUT2D eigenvalue weighted by Crippen LogP contribution is -2.27. The van der Waals surface area contributed by atoms with Gasteiger partial charge in [-0.3, -0.25) is 19.2 Å². The van der Waals surface area contributed by atoms with Crippen LogP contribution in [0.4, 0.5) is 0 Å². The Morgan fingerprint density at radius 1 is 0.615 bits per heavy atom. The van der Waals surface area contributed by atoms with Gasteiger partial charge in [0.05, 0.1) is 11.8 Å². The second-order valence-electron chi connectivity index (χ2n) is 8.08. The fraction of sp³-hybridized carbons (Fsp3) is 0.818. The summed E-state index contributed by atoms with van der Waals surface area (Å²) >= 11 is 0. The molecule has 0 unspecified atom stereocenters. The van der Waals surface area contributed by atoms with E-state index in [0.717, 1.165) is 77.0 Å². The van der Waals surface area contributed by atoms with Crippen molar-refractivity contribution in [1.29, 1.82) is 0 Å². The van der Waals surface area contributed by atoms with Crippen molar-refractivity contribution in [2.24, 2.45) is 11.8 Å². The second-order valence-corrected chi connectivity index (χ2v) is 8.08. The molecule has 146 valence electrons. The summed E-state index contributed by atoms with van der Waals surface area (Å²) in [6.45, 7) is 0. The Balaban J connectivity index is 1.46. The molecule has 0 N–H and O–H groups in total. The molecular weight excluding hydrogens is 328 g/mol. The normalized spacial score (nSPS) is 23.8. The number of hydrogen-bond acceptors (Lipinski definition) is 4. The van der Waals surface area contributed by atoms with E-state index in [2.05, 4.69) is 0 Å². The van der Waals surface area contributed by atoms with Gasteiger partial charge in [-0.2, -0.15) is 0 Å². The molecule has 2 fully saturated rings. The van der Waals surface area contributed by atoms with Crippen molar-refractivity contribution >= 4 is 23.1 Å². The molecule has 4 nitrogen and oxygen atoms in total. The van der Waals surface area contributed by atoms with Crippen molar-refractivity contribution in [3.8, 4) is 0 Å². The molecule has 2 saturated carbocycles. The van der Waals surface area contributed by atoms with Crippen LogP contribution in [0.25, 0.3) is 0 Å². The number of carbonyl (C=O) groups excluding carboxylic acids is 4. The van der Waals surface area contributed by atoms with Crippen LogP contribution in [0.3, 0.4) is 0 Å². The highest BCUT2D eigenvalue weighted by Crippen LogP contribution is 2.24. The van der Waals surface area contributed by atoms with Crippen LogP contribution in [0.5, 0.6) is 0 Å². The van der Waals surface area contributed by atoms with E-state index in [1.807, 2.05) is 0 Å². The van der Waals surface area contributed by atoms with Gasteiger partial charge in [0, 0.05) is 25.7 Å². The quantitative estimate of drug-likeness (QED) is 0.392. The van der Waals surface area contributed by atoms with Crippen LogP contribution in [-0.4, -0.2) is 23.1 Å². The molecule has 0 saturated heterocycles. The fourth-order valence-electron chi connectivity index (χ4n) is 4.30. The van der Waals surface area contributed by atoms with E-state index in [9.17, 15) is 19.2 Å². The van der Waals surface area contributed by atoms with E-state index < -0.39 is 0 Å². The molecular formula is C22H34O4. The zero-order valence-electron chi connectivity index (χ0n) is 16.1. The Morgan fingerprint density at radius 2 is 1.00 bits per heavy atom. The number of hydrogen-bond donors (Lipinski definition) is 0. The van der Waals surface area contributed by atoms with Crippen LogP contribution in [0.1, 0.15) is 103 Å². The second kappa shape index (κ2) is 11.4. The van der Waals surface area contributed by atoms with Crippen molar-refractivity contribution < 1.29 is 19.2 Å². The third-order valence-corrected chi connectivity index (χ3v) is 5.98. The van der Waals surface area contributed by atoms with Crippen molar-refractivity contribution in [2.75, 3.05) is 0 Å². The zero-order valence-corrected chi connectivity index (χ0v) is 16.1. The van der Waals surface area contributed by atoms with Gasteiger partial charge in [0.2, 0.25) is 0 Å². The van der Waals surface area contributed by atoms with Crippen LogP contribution in [0.2, 0.25) is 0 Å². The highest BCUT2D eigenvalue weighted by molar-refractivity contribution is 6.03. The Bertz CT molecular complexity index is 462. The molecule has 0 spiro atoms. The van der Waals surface area contributed by atoms with Crippen molar-refractivity contribution in [2.45, 2.75) is 103 Å². The molecule has 0 heterocycles. The van der Waals surface area contributed by atoms with Gasteiger partial charge in [-0.1, -0.05) is 38.5 Å². The number of Topliss-reactive ketones (excluding diaryl/α,β-unsaturated/α-hetero) is 4. The topological polar surface area (TPSA) is 68.3 Å².